The van der Waals surface area contributed by atoms with E-state index in [1.54, 1.807) is 0 Å². The quantitative estimate of drug-likeness (QED) is 0.916. The summed E-state index contributed by atoms with van der Waals surface area (Å²) in [7, 11) is 0. The zero-order chi connectivity index (χ0) is 11.4. The average Bonchev–Trinajstić information content (AvgIpc) is 2.49. The fourth-order valence-electron chi connectivity index (χ4n) is 2.18. The molecule has 2 nitrogen and oxygen atoms in total. The number of hydrogen-bond donors (Lipinski definition) is 1. The number of benzene rings is 1. The van der Waals surface area contributed by atoms with Crippen LogP contribution in [0.5, 0.6) is 0 Å². The minimum atomic E-state index is 0.984. The van der Waals surface area contributed by atoms with E-state index < -0.39 is 0 Å². The summed E-state index contributed by atoms with van der Waals surface area (Å²) in [6.45, 7) is 6.57. The van der Waals surface area contributed by atoms with E-state index >= 15 is 0 Å². The molecule has 0 saturated heterocycles. The highest BCUT2D eigenvalue weighted by Gasteiger charge is 2.16. The number of anilines is 1. The van der Waals surface area contributed by atoms with Crippen LogP contribution in [0, 0.1) is 0 Å². The van der Waals surface area contributed by atoms with E-state index in [0.29, 0.717) is 0 Å². The lowest BCUT2D eigenvalue weighted by Gasteiger charge is -2.25. The molecule has 1 aliphatic heterocycles. The van der Waals surface area contributed by atoms with Crippen molar-refractivity contribution in [2.24, 2.45) is 0 Å². The van der Waals surface area contributed by atoms with Crippen molar-refractivity contribution in [3.8, 4) is 0 Å². The molecule has 0 spiro atoms. The Kier molecular flexibility index (Phi) is 4.24. The summed E-state index contributed by atoms with van der Waals surface area (Å²) in [6, 6.07) is 6.48. The van der Waals surface area contributed by atoms with Gasteiger partial charge >= 0.3 is 0 Å². The van der Waals surface area contributed by atoms with E-state index in [4.69, 9.17) is 0 Å². The zero-order valence-corrected chi connectivity index (χ0v) is 11.4. The summed E-state index contributed by atoms with van der Waals surface area (Å²) in [6.07, 6.45) is 2.52. The summed E-state index contributed by atoms with van der Waals surface area (Å²) in [4.78, 5) is 2.50. The summed E-state index contributed by atoms with van der Waals surface area (Å²) >= 11 is 3.68. The van der Waals surface area contributed by atoms with E-state index in [0.717, 1.165) is 26.2 Å². The molecule has 0 fully saturated rings. The number of unbranched alkanes of at least 4 members (excludes halogenated alkanes) is 1. The van der Waals surface area contributed by atoms with Crippen LogP contribution >= 0.6 is 15.9 Å². The van der Waals surface area contributed by atoms with Crippen LogP contribution in [-0.4, -0.2) is 19.6 Å². The van der Waals surface area contributed by atoms with Gasteiger partial charge in [0, 0.05) is 30.7 Å². The Bertz CT molecular complexity index is 352. The number of rotatable bonds is 3. The molecule has 0 bridgehead atoms. The monoisotopic (exact) mass is 282 g/mol. The Morgan fingerprint density at radius 1 is 1.44 bits per heavy atom. The summed E-state index contributed by atoms with van der Waals surface area (Å²) in [5, 5.41) is 3.47. The highest BCUT2D eigenvalue weighted by Crippen LogP contribution is 2.31. The molecule has 2 rings (SSSR count). The fourth-order valence-corrected chi connectivity index (χ4v) is 2.84. The second-order valence-corrected chi connectivity index (χ2v) is 5.12. The van der Waals surface area contributed by atoms with E-state index in [2.05, 4.69) is 51.3 Å². The Morgan fingerprint density at radius 2 is 2.31 bits per heavy atom. The predicted octanol–water partition coefficient (Wildman–Crippen LogP) is 3.16. The van der Waals surface area contributed by atoms with Crippen molar-refractivity contribution in [1.29, 1.82) is 0 Å². The van der Waals surface area contributed by atoms with Gasteiger partial charge < -0.3 is 10.2 Å². The van der Waals surface area contributed by atoms with Crippen LogP contribution in [0.3, 0.4) is 0 Å². The first-order valence-corrected chi connectivity index (χ1v) is 6.85. The van der Waals surface area contributed by atoms with Crippen molar-refractivity contribution in [1.82, 2.24) is 5.32 Å². The smallest absolute Gasteiger partial charge is 0.0556 e. The highest BCUT2D eigenvalue weighted by molar-refractivity contribution is 9.10. The molecular weight excluding hydrogens is 264 g/mol. The maximum atomic E-state index is 3.68. The molecule has 88 valence electrons. The summed E-state index contributed by atoms with van der Waals surface area (Å²) in [5.41, 5.74) is 2.80. The molecule has 1 aromatic rings. The van der Waals surface area contributed by atoms with E-state index in [1.807, 2.05) is 0 Å². The van der Waals surface area contributed by atoms with Crippen LogP contribution in [-0.2, 0) is 6.54 Å². The van der Waals surface area contributed by atoms with Crippen LogP contribution in [0.2, 0.25) is 0 Å². The molecule has 0 aromatic heterocycles. The summed E-state index contributed by atoms with van der Waals surface area (Å²) < 4.78 is 1.23. The summed E-state index contributed by atoms with van der Waals surface area (Å²) in [5.74, 6) is 0. The van der Waals surface area contributed by atoms with E-state index in [-0.39, 0.29) is 0 Å². The SMILES string of the molecule is CCCCN1CCNCc2cccc(Br)c21. The maximum Gasteiger partial charge on any atom is 0.0556 e. The molecule has 1 N–H and O–H groups in total. The molecule has 1 aromatic carbocycles. The van der Waals surface area contributed by atoms with Crippen molar-refractivity contribution in [3.63, 3.8) is 0 Å². The van der Waals surface area contributed by atoms with Gasteiger partial charge in [0.1, 0.15) is 0 Å². The number of nitrogens with one attached hydrogen (secondary N) is 1. The van der Waals surface area contributed by atoms with Gasteiger partial charge in [-0.3, -0.25) is 0 Å². The van der Waals surface area contributed by atoms with Crippen molar-refractivity contribution in [2.75, 3.05) is 24.5 Å². The largest absolute Gasteiger partial charge is 0.369 e. The van der Waals surface area contributed by atoms with Crippen molar-refractivity contribution in [3.05, 3.63) is 28.2 Å². The molecule has 0 saturated carbocycles. The molecule has 16 heavy (non-hydrogen) atoms. The minimum Gasteiger partial charge on any atom is -0.369 e. The molecule has 0 unspecified atom stereocenters. The van der Waals surface area contributed by atoms with Gasteiger partial charge in [0.25, 0.3) is 0 Å². The number of hydrogen-bond acceptors (Lipinski definition) is 2. The number of para-hydroxylation sites is 1. The van der Waals surface area contributed by atoms with Gasteiger partial charge in [0.15, 0.2) is 0 Å². The Morgan fingerprint density at radius 3 is 3.12 bits per heavy atom. The first-order valence-electron chi connectivity index (χ1n) is 6.06. The Hall–Kier alpha value is -0.540. The second kappa shape index (κ2) is 5.69. The van der Waals surface area contributed by atoms with Crippen LogP contribution < -0.4 is 10.2 Å². The van der Waals surface area contributed by atoms with Crippen molar-refractivity contribution in [2.45, 2.75) is 26.3 Å². The molecule has 0 aliphatic carbocycles. The van der Waals surface area contributed by atoms with Gasteiger partial charge in [-0.25, -0.2) is 0 Å². The van der Waals surface area contributed by atoms with Crippen molar-refractivity contribution < 1.29 is 0 Å². The van der Waals surface area contributed by atoms with Crippen molar-refractivity contribution >= 4 is 21.6 Å². The molecule has 1 heterocycles. The van der Waals surface area contributed by atoms with Gasteiger partial charge in [-0.15, -0.1) is 0 Å². The van der Waals surface area contributed by atoms with Gasteiger partial charge in [-0.2, -0.15) is 0 Å². The van der Waals surface area contributed by atoms with Crippen LogP contribution in [0.25, 0.3) is 0 Å². The molecule has 0 atom stereocenters. The highest BCUT2D eigenvalue weighted by atomic mass is 79.9. The maximum absolute atomic E-state index is 3.68. The molecule has 1 aliphatic rings. The standard InChI is InChI=1S/C13H19BrN2/c1-2-3-8-16-9-7-15-10-11-5-4-6-12(14)13(11)16/h4-6,15H,2-3,7-10H2,1H3. The van der Waals surface area contributed by atoms with Crippen LogP contribution in [0.4, 0.5) is 5.69 Å². The Balaban J connectivity index is 2.27. The predicted molar refractivity (Wildman–Crippen MR) is 73.0 cm³/mol. The number of fused-ring (bicyclic) bond motifs is 1. The van der Waals surface area contributed by atoms with Crippen LogP contribution in [0.15, 0.2) is 22.7 Å². The zero-order valence-electron chi connectivity index (χ0n) is 9.80. The average molecular weight is 283 g/mol. The molecular formula is C13H19BrN2. The van der Waals surface area contributed by atoms with E-state index in [9.17, 15) is 0 Å². The van der Waals surface area contributed by atoms with Gasteiger partial charge in [0.05, 0.1) is 5.69 Å². The van der Waals surface area contributed by atoms with E-state index in [1.165, 1.54) is 28.6 Å². The molecule has 0 radical (unpaired) electrons. The second-order valence-electron chi connectivity index (χ2n) is 4.26. The third-order valence-electron chi connectivity index (χ3n) is 3.04. The number of nitrogens with zero attached hydrogens (tertiary/aromatic N) is 1. The lowest BCUT2D eigenvalue weighted by Crippen LogP contribution is -2.29. The van der Waals surface area contributed by atoms with Crippen LogP contribution in [0.1, 0.15) is 25.3 Å². The number of halogens is 1. The lowest BCUT2D eigenvalue weighted by atomic mass is 10.1. The molecule has 3 heteroatoms. The van der Waals surface area contributed by atoms with Gasteiger partial charge in [-0.05, 0) is 34.0 Å². The lowest BCUT2D eigenvalue weighted by molar-refractivity contribution is 0.669. The Labute approximate surface area is 106 Å². The van der Waals surface area contributed by atoms with Gasteiger partial charge in [-0.1, -0.05) is 25.5 Å². The third-order valence-corrected chi connectivity index (χ3v) is 3.68. The topological polar surface area (TPSA) is 15.3 Å². The third kappa shape index (κ3) is 2.58. The minimum absolute atomic E-state index is 0.984. The fraction of sp³-hybridized carbons (Fsp3) is 0.538. The first kappa shape index (κ1) is 11.9. The van der Waals surface area contributed by atoms with Gasteiger partial charge in [0.2, 0.25) is 0 Å². The molecule has 0 amide bonds. The first-order chi connectivity index (χ1) is 7.83. The normalized spacial score (nSPS) is 15.8.